The average molecular weight is 328 g/mol. The molecule has 0 fully saturated rings. The topological polar surface area (TPSA) is 81.7 Å². The zero-order valence-corrected chi connectivity index (χ0v) is 13.6. The molecule has 0 spiro atoms. The molecule has 0 bridgehead atoms. The van der Waals surface area contributed by atoms with Crippen molar-refractivity contribution in [1.82, 2.24) is 19.5 Å². The molecule has 6 nitrogen and oxygen atoms in total. The van der Waals surface area contributed by atoms with Gasteiger partial charge in [-0.25, -0.2) is 9.37 Å². The first-order valence-electron chi connectivity index (χ1n) is 8.03. The lowest BCUT2D eigenvalue weighted by Gasteiger charge is -2.08. The van der Waals surface area contributed by atoms with E-state index < -0.39 is 6.17 Å². The lowest BCUT2D eigenvalue weighted by atomic mass is 10.1. The molecular formula is C17H21FN6. The lowest BCUT2D eigenvalue weighted by Crippen LogP contribution is -2.11. The third-order valence-electron chi connectivity index (χ3n) is 3.71. The summed E-state index contributed by atoms with van der Waals surface area (Å²) in [5.74, 6) is 0.747. The summed E-state index contributed by atoms with van der Waals surface area (Å²) < 4.78 is 14.9. The molecule has 0 aliphatic carbocycles. The van der Waals surface area contributed by atoms with Crippen LogP contribution >= 0.6 is 0 Å². The molecule has 3 rings (SSSR count). The number of alkyl halides is 1. The SMILES string of the molecule is CC(F)Cn1cnc2c(N)nc(NCCCc3ccccc3)nc21. The highest BCUT2D eigenvalue weighted by molar-refractivity contribution is 5.82. The Morgan fingerprint density at radius 3 is 2.79 bits per heavy atom. The highest BCUT2D eigenvalue weighted by Gasteiger charge is 2.12. The van der Waals surface area contributed by atoms with E-state index in [4.69, 9.17) is 5.73 Å². The van der Waals surface area contributed by atoms with Crippen LogP contribution in [0.3, 0.4) is 0 Å². The standard InChI is InChI=1S/C17H21FN6/c1-12(18)10-24-11-21-14-15(19)22-17(23-16(14)24)20-9-5-8-13-6-3-2-4-7-13/h2-4,6-7,11-12H,5,8-10H2,1H3,(H3,19,20,22,23). The van der Waals surface area contributed by atoms with Gasteiger partial charge in [-0.2, -0.15) is 9.97 Å². The van der Waals surface area contributed by atoms with Crippen LogP contribution in [0.15, 0.2) is 36.7 Å². The van der Waals surface area contributed by atoms with Gasteiger partial charge < -0.3 is 15.6 Å². The van der Waals surface area contributed by atoms with Crippen molar-refractivity contribution in [2.24, 2.45) is 0 Å². The maximum absolute atomic E-state index is 13.3. The number of nitrogens with two attached hydrogens (primary N) is 1. The zero-order valence-electron chi connectivity index (χ0n) is 13.6. The first-order chi connectivity index (χ1) is 11.6. The largest absolute Gasteiger partial charge is 0.382 e. The fourth-order valence-corrected chi connectivity index (χ4v) is 2.59. The van der Waals surface area contributed by atoms with E-state index in [1.54, 1.807) is 10.9 Å². The van der Waals surface area contributed by atoms with Gasteiger partial charge in [-0.1, -0.05) is 30.3 Å². The molecule has 0 saturated heterocycles. The monoisotopic (exact) mass is 328 g/mol. The minimum absolute atomic E-state index is 0.195. The van der Waals surface area contributed by atoms with Crippen LogP contribution in [0.1, 0.15) is 18.9 Å². The van der Waals surface area contributed by atoms with Crippen LogP contribution in [0.25, 0.3) is 11.2 Å². The summed E-state index contributed by atoms with van der Waals surface area (Å²) in [6.45, 7) is 2.42. The fraction of sp³-hybridized carbons (Fsp3) is 0.353. The van der Waals surface area contributed by atoms with Crippen LogP contribution in [0.5, 0.6) is 0 Å². The van der Waals surface area contributed by atoms with Gasteiger partial charge in [0.15, 0.2) is 11.5 Å². The minimum atomic E-state index is -0.985. The predicted octanol–water partition coefficient (Wildman–Crippen LogP) is 2.81. The van der Waals surface area contributed by atoms with Gasteiger partial charge in [0.05, 0.1) is 12.9 Å². The number of rotatable bonds is 7. The second-order valence-electron chi connectivity index (χ2n) is 5.80. The van der Waals surface area contributed by atoms with E-state index in [1.807, 2.05) is 18.2 Å². The second-order valence-corrected chi connectivity index (χ2v) is 5.80. The maximum Gasteiger partial charge on any atom is 0.226 e. The third-order valence-corrected chi connectivity index (χ3v) is 3.71. The molecule has 24 heavy (non-hydrogen) atoms. The Morgan fingerprint density at radius 2 is 2.04 bits per heavy atom. The summed E-state index contributed by atoms with van der Waals surface area (Å²) in [4.78, 5) is 12.8. The Labute approximate surface area is 139 Å². The summed E-state index contributed by atoms with van der Waals surface area (Å²) in [7, 11) is 0. The number of anilines is 2. The van der Waals surface area contributed by atoms with E-state index >= 15 is 0 Å². The van der Waals surface area contributed by atoms with Crippen LogP contribution < -0.4 is 11.1 Å². The molecule has 0 amide bonds. The molecule has 3 N–H and O–H groups in total. The number of halogens is 1. The first kappa shape index (κ1) is 16.2. The summed E-state index contributed by atoms with van der Waals surface area (Å²) in [5.41, 5.74) is 8.29. The summed E-state index contributed by atoms with van der Waals surface area (Å²) in [6.07, 6.45) is 2.49. The van der Waals surface area contributed by atoms with Gasteiger partial charge in [0.25, 0.3) is 0 Å². The number of aryl methyl sites for hydroxylation is 1. The lowest BCUT2D eigenvalue weighted by molar-refractivity contribution is 0.323. The number of benzene rings is 1. The molecule has 0 saturated carbocycles. The summed E-state index contributed by atoms with van der Waals surface area (Å²) in [5, 5.41) is 3.18. The molecule has 1 unspecified atom stereocenters. The molecule has 0 aliphatic rings. The van der Waals surface area contributed by atoms with Gasteiger partial charge in [-0.3, -0.25) is 0 Å². The van der Waals surface area contributed by atoms with Crippen LogP contribution in [-0.4, -0.2) is 32.2 Å². The molecule has 0 aliphatic heterocycles. The smallest absolute Gasteiger partial charge is 0.226 e. The minimum Gasteiger partial charge on any atom is -0.382 e. The molecule has 2 heterocycles. The van der Waals surface area contributed by atoms with Crippen molar-refractivity contribution in [3.05, 3.63) is 42.2 Å². The molecule has 3 aromatic rings. The molecular weight excluding hydrogens is 307 g/mol. The van der Waals surface area contributed by atoms with Crippen molar-refractivity contribution in [2.75, 3.05) is 17.6 Å². The number of fused-ring (bicyclic) bond motifs is 1. The Kier molecular flexibility index (Phi) is 4.88. The van der Waals surface area contributed by atoms with Crippen LogP contribution in [-0.2, 0) is 13.0 Å². The van der Waals surface area contributed by atoms with Gasteiger partial charge in [-0.05, 0) is 25.3 Å². The van der Waals surface area contributed by atoms with Crippen molar-refractivity contribution >= 4 is 22.9 Å². The molecule has 2 aromatic heterocycles. The fourth-order valence-electron chi connectivity index (χ4n) is 2.59. The normalized spacial score (nSPS) is 12.4. The number of nitrogen functional groups attached to an aromatic ring is 1. The van der Waals surface area contributed by atoms with Crippen LogP contribution in [0.2, 0.25) is 0 Å². The second kappa shape index (κ2) is 7.25. The van der Waals surface area contributed by atoms with E-state index in [-0.39, 0.29) is 6.54 Å². The van der Waals surface area contributed by atoms with E-state index in [2.05, 4.69) is 32.4 Å². The van der Waals surface area contributed by atoms with E-state index in [9.17, 15) is 4.39 Å². The van der Waals surface area contributed by atoms with Crippen LogP contribution in [0.4, 0.5) is 16.2 Å². The maximum atomic E-state index is 13.3. The molecule has 1 aromatic carbocycles. The van der Waals surface area contributed by atoms with Crippen LogP contribution in [0, 0.1) is 0 Å². The summed E-state index contributed by atoms with van der Waals surface area (Å²) in [6, 6.07) is 10.3. The number of nitrogens with one attached hydrogen (secondary N) is 1. The number of aromatic nitrogens is 4. The van der Waals surface area contributed by atoms with Crippen molar-refractivity contribution in [1.29, 1.82) is 0 Å². The molecule has 1 atom stereocenters. The number of nitrogens with zero attached hydrogens (tertiary/aromatic N) is 4. The van der Waals surface area contributed by atoms with Crippen molar-refractivity contribution < 1.29 is 4.39 Å². The Bertz CT molecular complexity index is 799. The number of hydrogen-bond acceptors (Lipinski definition) is 5. The molecule has 126 valence electrons. The van der Waals surface area contributed by atoms with E-state index in [1.165, 1.54) is 12.5 Å². The molecule has 0 radical (unpaired) electrons. The third kappa shape index (κ3) is 3.79. The average Bonchev–Trinajstić information content (AvgIpc) is 2.95. The van der Waals surface area contributed by atoms with Gasteiger partial charge in [0.1, 0.15) is 11.7 Å². The van der Waals surface area contributed by atoms with E-state index in [0.717, 1.165) is 19.4 Å². The van der Waals surface area contributed by atoms with E-state index in [0.29, 0.717) is 22.9 Å². The van der Waals surface area contributed by atoms with Gasteiger partial charge >= 0.3 is 0 Å². The quantitative estimate of drug-likeness (QED) is 0.652. The zero-order chi connectivity index (χ0) is 16.9. The van der Waals surface area contributed by atoms with Gasteiger partial charge in [0.2, 0.25) is 5.95 Å². The van der Waals surface area contributed by atoms with Crippen molar-refractivity contribution in [3.63, 3.8) is 0 Å². The van der Waals surface area contributed by atoms with Gasteiger partial charge in [-0.15, -0.1) is 0 Å². The predicted molar refractivity (Wildman–Crippen MR) is 93.6 cm³/mol. The Balaban J connectivity index is 1.66. The first-order valence-corrected chi connectivity index (χ1v) is 8.03. The highest BCUT2D eigenvalue weighted by atomic mass is 19.1. The number of hydrogen-bond donors (Lipinski definition) is 2. The Morgan fingerprint density at radius 1 is 1.25 bits per heavy atom. The van der Waals surface area contributed by atoms with Gasteiger partial charge in [0, 0.05) is 6.54 Å². The molecule has 7 heteroatoms. The Hall–Kier alpha value is -2.70. The summed E-state index contributed by atoms with van der Waals surface area (Å²) >= 11 is 0. The van der Waals surface area contributed by atoms with Crippen molar-refractivity contribution in [3.8, 4) is 0 Å². The highest BCUT2D eigenvalue weighted by Crippen LogP contribution is 2.18. The number of imidazole rings is 1. The van der Waals surface area contributed by atoms with Crippen molar-refractivity contribution in [2.45, 2.75) is 32.5 Å².